The number of nitrogens with one attached hydrogen (secondary N) is 2. The Bertz CT molecular complexity index is 553. The van der Waals surface area contributed by atoms with E-state index >= 15 is 0 Å². The maximum absolute atomic E-state index is 11.9. The SMILES string of the molecule is Cc1ccc(NC(=O)c2cncc(NN)n2)cc1. The molecule has 1 amide bonds. The molecule has 0 aliphatic carbocycles. The predicted octanol–water partition coefficient (Wildman–Crippen LogP) is 1.32. The maximum atomic E-state index is 11.9. The van der Waals surface area contributed by atoms with Gasteiger partial charge in [0.05, 0.1) is 12.4 Å². The molecule has 0 saturated heterocycles. The Morgan fingerprint density at radius 3 is 2.61 bits per heavy atom. The third-order valence-electron chi connectivity index (χ3n) is 2.32. The van der Waals surface area contributed by atoms with Crippen molar-refractivity contribution in [2.45, 2.75) is 6.92 Å². The molecule has 0 bridgehead atoms. The third-order valence-corrected chi connectivity index (χ3v) is 2.32. The zero-order valence-electron chi connectivity index (χ0n) is 9.84. The van der Waals surface area contributed by atoms with Gasteiger partial charge in [0.2, 0.25) is 0 Å². The quantitative estimate of drug-likeness (QED) is 0.558. The fraction of sp³-hybridized carbons (Fsp3) is 0.0833. The van der Waals surface area contributed by atoms with E-state index < -0.39 is 0 Å². The number of aryl methyl sites for hydroxylation is 1. The first-order valence-electron chi connectivity index (χ1n) is 5.36. The van der Waals surface area contributed by atoms with Crippen molar-refractivity contribution < 1.29 is 4.79 Å². The molecule has 18 heavy (non-hydrogen) atoms. The van der Waals surface area contributed by atoms with E-state index in [2.05, 4.69) is 20.7 Å². The molecular weight excluding hydrogens is 230 g/mol. The smallest absolute Gasteiger partial charge is 0.275 e. The number of nitrogen functional groups attached to an aromatic ring is 1. The molecule has 0 aliphatic heterocycles. The number of hydrogen-bond donors (Lipinski definition) is 3. The second-order valence-corrected chi connectivity index (χ2v) is 3.75. The van der Waals surface area contributed by atoms with Crippen molar-refractivity contribution in [2.24, 2.45) is 5.84 Å². The van der Waals surface area contributed by atoms with Crippen molar-refractivity contribution >= 4 is 17.4 Å². The van der Waals surface area contributed by atoms with Gasteiger partial charge >= 0.3 is 0 Å². The molecule has 4 N–H and O–H groups in total. The summed E-state index contributed by atoms with van der Waals surface area (Å²) >= 11 is 0. The Kier molecular flexibility index (Phi) is 3.49. The normalized spacial score (nSPS) is 9.89. The lowest BCUT2D eigenvalue weighted by atomic mass is 10.2. The number of hydrazine groups is 1. The van der Waals surface area contributed by atoms with E-state index in [1.54, 1.807) is 0 Å². The largest absolute Gasteiger partial charge is 0.321 e. The molecule has 0 spiro atoms. The van der Waals surface area contributed by atoms with Crippen LogP contribution in [-0.2, 0) is 0 Å². The standard InChI is InChI=1S/C12H13N5O/c1-8-2-4-9(5-3-8)15-12(18)10-6-14-7-11(16-10)17-13/h2-7H,13H2,1H3,(H,15,18)(H,16,17). The van der Waals surface area contributed by atoms with Crippen LogP contribution in [-0.4, -0.2) is 15.9 Å². The minimum atomic E-state index is -0.330. The van der Waals surface area contributed by atoms with Crippen LogP contribution in [0.2, 0.25) is 0 Å². The summed E-state index contributed by atoms with van der Waals surface area (Å²) in [7, 11) is 0. The van der Waals surface area contributed by atoms with Gasteiger partial charge < -0.3 is 10.7 Å². The van der Waals surface area contributed by atoms with Gasteiger partial charge in [-0.05, 0) is 19.1 Å². The number of benzene rings is 1. The van der Waals surface area contributed by atoms with Crippen LogP contribution in [0.5, 0.6) is 0 Å². The summed E-state index contributed by atoms with van der Waals surface area (Å²) in [6.45, 7) is 1.98. The Morgan fingerprint density at radius 2 is 1.94 bits per heavy atom. The minimum Gasteiger partial charge on any atom is -0.321 e. The predicted molar refractivity (Wildman–Crippen MR) is 69.0 cm³/mol. The number of nitrogens with two attached hydrogens (primary N) is 1. The number of nitrogens with zero attached hydrogens (tertiary/aromatic N) is 2. The lowest BCUT2D eigenvalue weighted by molar-refractivity contribution is 0.102. The van der Waals surface area contributed by atoms with Crippen LogP contribution in [0.3, 0.4) is 0 Å². The van der Waals surface area contributed by atoms with Gasteiger partial charge in [0.25, 0.3) is 5.91 Å². The van der Waals surface area contributed by atoms with Crippen LogP contribution in [0.25, 0.3) is 0 Å². The number of carbonyl (C=O) groups is 1. The molecule has 0 atom stereocenters. The number of aromatic nitrogens is 2. The molecule has 0 aliphatic rings. The monoisotopic (exact) mass is 243 g/mol. The van der Waals surface area contributed by atoms with Gasteiger partial charge in [0.1, 0.15) is 5.69 Å². The highest BCUT2D eigenvalue weighted by Crippen LogP contribution is 2.10. The van der Waals surface area contributed by atoms with E-state index in [0.717, 1.165) is 5.56 Å². The summed E-state index contributed by atoms with van der Waals surface area (Å²) in [5.74, 6) is 5.21. The Balaban J connectivity index is 2.14. The molecular formula is C12H13N5O. The van der Waals surface area contributed by atoms with Gasteiger partial charge in [0, 0.05) is 5.69 Å². The van der Waals surface area contributed by atoms with Crippen molar-refractivity contribution in [1.29, 1.82) is 0 Å². The number of anilines is 2. The Labute approximate surface area is 104 Å². The third kappa shape index (κ3) is 2.80. The van der Waals surface area contributed by atoms with Crippen molar-refractivity contribution in [3.63, 3.8) is 0 Å². The average molecular weight is 243 g/mol. The maximum Gasteiger partial charge on any atom is 0.275 e. The molecule has 1 heterocycles. The van der Waals surface area contributed by atoms with Gasteiger partial charge in [-0.25, -0.2) is 10.8 Å². The number of carbonyl (C=O) groups excluding carboxylic acids is 1. The second-order valence-electron chi connectivity index (χ2n) is 3.75. The Hall–Kier alpha value is -2.47. The van der Waals surface area contributed by atoms with E-state index in [9.17, 15) is 4.79 Å². The van der Waals surface area contributed by atoms with Crippen LogP contribution in [0.1, 0.15) is 16.1 Å². The first-order chi connectivity index (χ1) is 8.69. The lowest BCUT2D eigenvalue weighted by Gasteiger charge is -2.05. The highest BCUT2D eigenvalue weighted by molar-refractivity contribution is 6.02. The molecule has 2 rings (SSSR count). The summed E-state index contributed by atoms with van der Waals surface area (Å²) in [5.41, 5.74) is 4.37. The van der Waals surface area contributed by atoms with E-state index in [-0.39, 0.29) is 11.6 Å². The van der Waals surface area contributed by atoms with Crippen LogP contribution in [0.4, 0.5) is 11.5 Å². The van der Waals surface area contributed by atoms with Gasteiger partial charge in [-0.2, -0.15) is 0 Å². The molecule has 0 saturated carbocycles. The van der Waals surface area contributed by atoms with Crippen LogP contribution in [0.15, 0.2) is 36.7 Å². The number of rotatable bonds is 3. The zero-order valence-corrected chi connectivity index (χ0v) is 9.84. The summed E-state index contributed by atoms with van der Waals surface area (Å²) < 4.78 is 0. The van der Waals surface area contributed by atoms with Gasteiger partial charge in [0.15, 0.2) is 5.82 Å². The molecule has 0 unspecified atom stereocenters. The first-order valence-corrected chi connectivity index (χ1v) is 5.36. The van der Waals surface area contributed by atoms with Gasteiger partial charge in [-0.1, -0.05) is 17.7 Å². The summed E-state index contributed by atoms with van der Waals surface area (Å²) in [5, 5.41) is 2.73. The molecule has 0 radical (unpaired) electrons. The van der Waals surface area contributed by atoms with Crippen LogP contribution < -0.4 is 16.6 Å². The average Bonchev–Trinajstić information content (AvgIpc) is 2.41. The van der Waals surface area contributed by atoms with E-state index in [0.29, 0.717) is 11.5 Å². The number of amides is 1. The second kappa shape index (κ2) is 5.24. The molecule has 1 aromatic carbocycles. The van der Waals surface area contributed by atoms with E-state index in [1.165, 1.54) is 12.4 Å². The summed E-state index contributed by atoms with van der Waals surface area (Å²) in [4.78, 5) is 19.7. The highest BCUT2D eigenvalue weighted by Gasteiger charge is 2.08. The van der Waals surface area contributed by atoms with Crippen LogP contribution >= 0.6 is 0 Å². The van der Waals surface area contributed by atoms with Crippen molar-refractivity contribution in [3.05, 3.63) is 47.9 Å². The molecule has 1 aromatic heterocycles. The van der Waals surface area contributed by atoms with Gasteiger partial charge in [-0.15, -0.1) is 0 Å². The lowest BCUT2D eigenvalue weighted by Crippen LogP contribution is -2.16. The minimum absolute atomic E-state index is 0.200. The van der Waals surface area contributed by atoms with E-state index in [1.807, 2.05) is 31.2 Å². The fourth-order valence-electron chi connectivity index (χ4n) is 1.38. The molecule has 2 aromatic rings. The molecule has 6 nitrogen and oxygen atoms in total. The van der Waals surface area contributed by atoms with E-state index in [4.69, 9.17) is 5.84 Å². The highest BCUT2D eigenvalue weighted by atomic mass is 16.1. The zero-order chi connectivity index (χ0) is 13.0. The number of hydrogen-bond acceptors (Lipinski definition) is 5. The first kappa shape index (κ1) is 12.0. The summed E-state index contributed by atoms with van der Waals surface area (Å²) in [6.07, 6.45) is 2.81. The molecule has 92 valence electrons. The topological polar surface area (TPSA) is 92.9 Å². The van der Waals surface area contributed by atoms with Crippen LogP contribution in [0, 0.1) is 6.92 Å². The van der Waals surface area contributed by atoms with Crippen molar-refractivity contribution in [2.75, 3.05) is 10.7 Å². The summed E-state index contributed by atoms with van der Waals surface area (Å²) in [6, 6.07) is 7.48. The Morgan fingerprint density at radius 1 is 1.22 bits per heavy atom. The fourth-order valence-corrected chi connectivity index (χ4v) is 1.38. The molecule has 6 heteroatoms. The van der Waals surface area contributed by atoms with Gasteiger partial charge in [-0.3, -0.25) is 9.78 Å². The molecule has 0 fully saturated rings. The van der Waals surface area contributed by atoms with Crippen molar-refractivity contribution in [3.8, 4) is 0 Å². The van der Waals surface area contributed by atoms with Crippen molar-refractivity contribution in [1.82, 2.24) is 9.97 Å².